The highest BCUT2D eigenvalue weighted by Gasteiger charge is 1.97. The molecule has 4 nitrogen and oxygen atoms in total. The van der Waals surface area contributed by atoms with E-state index in [0.717, 1.165) is 0 Å². The molecule has 5 heteroatoms. The van der Waals surface area contributed by atoms with Crippen LogP contribution in [0.15, 0.2) is 15.5 Å². The number of nitrogens with one attached hydrogen (secondary N) is 1. The van der Waals surface area contributed by atoms with Crippen molar-refractivity contribution >= 4 is 15.9 Å². The first-order valence-electron chi connectivity index (χ1n) is 3.11. The van der Waals surface area contributed by atoms with E-state index in [4.69, 9.17) is 4.74 Å². The standard InChI is InChI=1S/C6H7BrN2O2/c1-2-11-6-8-3-4(7)5(10)9-6/h3H,2H2,1H3,(H,8,9,10). The molecule has 0 spiro atoms. The lowest BCUT2D eigenvalue weighted by atomic mass is 10.7. The first kappa shape index (κ1) is 8.26. The van der Waals surface area contributed by atoms with E-state index < -0.39 is 0 Å². The number of aromatic amines is 1. The summed E-state index contributed by atoms with van der Waals surface area (Å²) < 4.78 is 5.36. The molecule has 0 saturated carbocycles. The quantitative estimate of drug-likeness (QED) is 0.804. The summed E-state index contributed by atoms with van der Waals surface area (Å²) >= 11 is 3.02. The molecule has 0 aliphatic heterocycles. The lowest BCUT2D eigenvalue weighted by Crippen LogP contribution is -2.10. The fourth-order valence-corrected chi connectivity index (χ4v) is 0.775. The smallest absolute Gasteiger partial charge is 0.296 e. The van der Waals surface area contributed by atoms with E-state index in [0.29, 0.717) is 11.1 Å². The second-order valence-corrected chi connectivity index (χ2v) is 2.65. The van der Waals surface area contributed by atoms with Gasteiger partial charge in [0.2, 0.25) is 0 Å². The first-order chi connectivity index (χ1) is 5.24. The van der Waals surface area contributed by atoms with Crippen molar-refractivity contribution in [3.63, 3.8) is 0 Å². The Morgan fingerprint density at radius 2 is 2.55 bits per heavy atom. The van der Waals surface area contributed by atoms with Crippen molar-refractivity contribution in [2.75, 3.05) is 6.61 Å². The zero-order valence-corrected chi connectivity index (χ0v) is 7.51. The van der Waals surface area contributed by atoms with Crippen LogP contribution < -0.4 is 10.3 Å². The van der Waals surface area contributed by atoms with Crippen molar-refractivity contribution in [2.24, 2.45) is 0 Å². The minimum Gasteiger partial charge on any atom is -0.465 e. The monoisotopic (exact) mass is 218 g/mol. The normalized spacial score (nSPS) is 9.64. The van der Waals surface area contributed by atoms with Crippen molar-refractivity contribution in [3.05, 3.63) is 21.0 Å². The van der Waals surface area contributed by atoms with Crippen LogP contribution in [0.3, 0.4) is 0 Å². The van der Waals surface area contributed by atoms with Crippen molar-refractivity contribution in [1.82, 2.24) is 9.97 Å². The van der Waals surface area contributed by atoms with Crippen LogP contribution in [-0.2, 0) is 0 Å². The Morgan fingerprint density at radius 3 is 3.09 bits per heavy atom. The van der Waals surface area contributed by atoms with E-state index in [2.05, 4.69) is 25.9 Å². The molecule has 0 radical (unpaired) electrons. The number of ether oxygens (including phenoxy) is 1. The maximum Gasteiger partial charge on any atom is 0.296 e. The van der Waals surface area contributed by atoms with Gasteiger partial charge in [-0.2, -0.15) is 0 Å². The van der Waals surface area contributed by atoms with Crippen LogP contribution in [0.1, 0.15) is 6.92 Å². The summed E-state index contributed by atoms with van der Waals surface area (Å²) in [5.41, 5.74) is -0.233. The second-order valence-electron chi connectivity index (χ2n) is 1.80. The molecule has 1 aromatic heterocycles. The Labute approximate surface area is 71.7 Å². The molecular formula is C6H7BrN2O2. The summed E-state index contributed by atoms with van der Waals surface area (Å²) in [5, 5.41) is 0. The van der Waals surface area contributed by atoms with Gasteiger partial charge in [0.15, 0.2) is 0 Å². The highest BCUT2D eigenvalue weighted by atomic mass is 79.9. The van der Waals surface area contributed by atoms with Gasteiger partial charge in [-0.1, -0.05) is 0 Å². The van der Waals surface area contributed by atoms with Gasteiger partial charge in [-0.05, 0) is 22.9 Å². The molecular weight excluding hydrogens is 212 g/mol. The van der Waals surface area contributed by atoms with E-state index in [-0.39, 0.29) is 11.6 Å². The maximum absolute atomic E-state index is 10.9. The molecule has 1 N–H and O–H groups in total. The molecule has 0 atom stereocenters. The predicted octanol–water partition coefficient (Wildman–Crippen LogP) is 0.931. The molecule has 0 fully saturated rings. The minimum absolute atomic E-state index is 0.233. The summed E-state index contributed by atoms with van der Waals surface area (Å²) in [7, 11) is 0. The first-order valence-corrected chi connectivity index (χ1v) is 3.91. The summed E-state index contributed by atoms with van der Waals surface area (Å²) in [6, 6.07) is 0.251. The summed E-state index contributed by atoms with van der Waals surface area (Å²) in [4.78, 5) is 17.1. The zero-order chi connectivity index (χ0) is 8.27. The van der Waals surface area contributed by atoms with Gasteiger partial charge >= 0.3 is 0 Å². The zero-order valence-electron chi connectivity index (χ0n) is 5.93. The Hall–Kier alpha value is -0.840. The van der Waals surface area contributed by atoms with E-state index in [1.54, 1.807) is 0 Å². The number of H-pyrrole nitrogens is 1. The number of hydrogen-bond acceptors (Lipinski definition) is 3. The molecule has 1 aromatic rings. The fourth-order valence-electron chi connectivity index (χ4n) is 0.573. The molecule has 0 aromatic carbocycles. The summed E-state index contributed by atoms with van der Waals surface area (Å²) in [5.74, 6) is 0. The molecule has 0 unspecified atom stereocenters. The van der Waals surface area contributed by atoms with Gasteiger partial charge in [-0.15, -0.1) is 0 Å². The molecule has 60 valence electrons. The largest absolute Gasteiger partial charge is 0.465 e. The lowest BCUT2D eigenvalue weighted by Gasteiger charge is -1.98. The van der Waals surface area contributed by atoms with Crippen LogP contribution in [0.5, 0.6) is 6.01 Å². The van der Waals surface area contributed by atoms with E-state index in [1.165, 1.54) is 6.20 Å². The highest BCUT2D eigenvalue weighted by molar-refractivity contribution is 9.10. The summed E-state index contributed by atoms with van der Waals surface area (Å²) in [6.45, 7) is 2.31. The van der Waals surface area contributed by atoms with Crippen LogP contribution >= 0.6 is 15.9 Å². The third-order valence-electron chi connectivity index (χ3n) is 1.01. The molecule has 1 rings (SSSR count). The molecule has 0 amide bonds. The number of nitrogens with zero attached hydrogens (tertiary/aromatic N) is 1. The average molecular weight is 219 g/mol. The molecule has 1 heterocycles. The fraction of sp³-hybridized carbons (Fsp3) is 0.333. The molecule has 0 saturated heterocycles. The molecule has 0 aliphatic rings. The lowest BCUT2D eigenvalue weighted by molar-refractivity contribution is 0.311. The topological polar surface area (TPSA) is 55.0 Å². The minimum atomic E-state index is -0.233. The third-order valence-corrected chi connectivity index (χ3v) is 1.58. The second kappa shape index (κ2) is 3.52. The Kier molecular flexibility index (Phi) is 2.64. The van der Waals surface area contributed by atoms with Crippen LogP contribution in [0, 0.1) is 0 Å². The van der Waals surface area contributed by atoms with Crippen molar-refractivity contribution < 1.29 is 4.74 Å². The highest BCUT2D eigenvalue weighted by Crippen LogP contribution is 2.02. The maximum atomic E-state index is 10.9. The van der Waals surface area contributed by atoms with Gasteiger partial charge in [-0.25, -0.2) is 4.98 Å². The Bertz CT molecular complexity index is 297. The molecule has 0 bridgehead atoms. The van der Waals surface area contributed by atoms with Crippen LogP contribution in [-0.4, -0.2) is 16.6 Å². The van der Waals surface area contributed by atoms with Gasteiger partial charge < -0.3 is 4.74 Å². The molecule has 0 aliphatic carbocycles. The van der Waals surface area contributed by atoms with Gasteiger partial charge in [0.25, 0.3) is 11.6 Å². The van der Waals surface area contributed by atoms with E-state index in [9.17, 15) is 4.79 Å². The average Bonchev–Trinajstić information content (AvgIpc) is 1.98. The van der Waals surface area contributed by atoms with Crippen molar-refractivity contribution in [3.8, 4) is 6.01 Å². The number of halogens is 1. The predicted molar refractivity (Wildman–Crippen MR) is 43.7 cm³/mol. The van der Waals surface area contributed by atoms with Crippen molar-refractivity contribution in [1.29, 1.82) is 0 Å². The molecule has 11 heavy (non-hydrogen) atoms. The van der Waals surface area contributed by atoms with Gasteiger partial charge in [0.05, 0.1) is 12.8 Å². The van der Waals surface area contributed by atoms with Crippen LogP contribution in [0.4, 0.5) is 0 Å². The number of aromatic nitrogens is 2. The van der Waals surface area contributed by atoms with E-state index >= 15 is 0 Å². The number of rotatable bonds is 2. The van der Waals surface area contributed by atoms with Gasteiger partial charge in [0.1, 0.15) is 4.47 Å². The van der Waals surface area contributed by atoms with Gasteiger partial charge in [-0.3, -0.25) is 9.78 Å². The summed E-state index contributed by atoms with van der Waals surface area (Å²) in [6.07, 6.45) is 1.41. The van der Waals surface area contributed by atoms with Crippen molar-refractivity contribution in [2.45, 2.75) is 6.92 Å². The van der Waals surface area contributed by atoms with Gasteiger partial charge in [0, 0.05) is 0 Å². The van der Waals surface area contributed by atoms with E-state index in [1.807, 2.05) is 6.92 Å². The number of hydrogen-bond donors (Lipinski definition) is 1. The van der Waals surface area contributed by atoms with Crippen LogP contribution in [0.2, 0.25) is 0 Å². The van der Waals surface area contributed by atoms with Crippen LogP contribution in [0.25, 0.3) is 0 Å². The third kappa shape index (κ3) is 2.04. The Morgan fingerprint density at radius 1 is 1.82 bits per heavy atom. The SMILES string of the molecule is CCOc1ncc(Br)c(=O)[nH]1. The Balaban J connectivity index is 2.96.